The fourth-order valence-electron chi connectivity index (χ4n) is 3.73. The number of phenolic OH excluding ortho intramolecular Hbond substituents is 1. The van der Waals surface area contributed by atoms with Gasteiger partial charge in [0.25, 0.3) is 0 Å². The van der Waals surface area contributed by atoms with Gasteiger partial charge in [-0.25, -0.2) is 4.79 Å². The Bertz CT molecular complexity index is 750. The van der Waals surface area contributed by atoms with E-state index in [1.165, 1.54) is 25.7 Å². The number of rotatable bonds is 4. The van der Waals surface area contributed by atoms with Crippen molar-refractivity contribution in [2.45, 2.75) is 58.5 Å². The number of hydrogen-bond acceptors (Lipinski definition) is 3. The first kappa shape index (κ1) is 16.1. The molecule has 4 nitrogen and oxygen atoms in total. The van der Waals surface area contributed by atoms with E-state index >= 15 is 0 Å². The molecular weight excluding hydrogens is 290 g/mol. The fourth-order valence-corrected chi connectivity index (χ4v) is 3.73. The molecule has 23 heavy (non-hydrogen) atoms. The summed E-state index contributed by atoms with van der Waals surface area (Å²) in [5, 5.41) is 13.3. The van der Waals surface area contributed by atoms with Crippen LogP contribution in [0.1, 0.15) is 50.7 Å². The molecule has 1 aliphatic carbocycles. The molecule has 0 aliphatic heterocycles. The highest BCUT2D eigenvalue weighted by Crippen LogP contribution is 2.27. The lowest BCUT2D eigenvalue weighted by Gasteiger charge is -2.26. The van der Waals surface area contributed by atoms with Crippen molar-refractivity contribution in [2.24, 2.45) is 5.92 Å². The number of nitrogens with two attached hydrogens (primary N) is 1. The molecular formula is C19H26NO3+. The summed E-state index contributed by atoms with van der Waals surface area (Å²) < 4.78 is 5.27. The van der Waals surface area contributed by atoms with Crippen LogP contribution in [0.2, 0.25) is 0 Å². The summed E-state index contributed by atoms with van der Waals surface area (Å²) in [4.78, 5) is 11.8. The maximum atomic E-state index is 11.8. The molecule has 1 aromatic carbocycles. The van der Waals surface area contributed by atoms with Gasteiger partial charge in [-0.2, -0.15) is 0 Å². The summed E-state index contributed by atoms with van der Waals surface area (Å²) in [7, 11) is 0. The van der Waals surface area contributed by atoms with Gasteiger partial charge < -0.3 is 14.8 Å². The first-order valence-electron chi connectivity index (χ1n) is 8.70. The molecule has 1 aliphatic rings. The molecule has 0 amide bonds. The highest BCUT2D eigenvalue weighted by Gasteiger charge is 2.24. The number of aromatic hydroxyl groups is 1. The fraction of sp³-hybridized carbons (Fsp3) is 0.526. The van der Waals surface area contributed by atoms with E-state index in [2.05, 4.69) is 12.2 Å². The molecule has 0 spiro atoms. The SMILES string of the molecule is CCc1cc2c(C[NH2+][C@H]3CCCC[C@H]3C)cc(=O)oc2cc1O. The highest BCUT2D eigenvalue weighted by atomic mass is 16.4. The summed E-state index contributed by atoms with van der Waals surface area (Å²) >= 11 is 0. The van der Waals surface area contributed by atoms with Crippen LogP contribution in [0.5, 0.6) is 5.75 Å². The molecule has 0 bridgehead atoms. The van der Waals surface area contributed by atoms with Crippen molar-refractivity contribution in [3.63, 3.8) is 0 Å². The molecule has 2 aromatic rings. The van der Waals surface area contributed by atoms with Gasteiger partial charge in [0.1, 0.15) is 17.9 Å². The molecule has 0 saturated heterocycles. The van der Waals surface area contributed by atoms with E-state index in [-0.39, 0.29) is 11.4 Å². The first-order chi connectivity index (χ1) is 11.1. The largest absolute Gasteiger partial charge is 0.508 e. The van der Waals surface area contributed by atoms with Crippen LogP contribution >= 0.6 is 0 Å². The molecule has 1 saturated carbocycles. The Morgan fingerprint density at radius 1 is 1.22 bits per heavy atom. The molecule has 4 heteroatoms. The third-order valence-corrected chi connectivity index (χ3v) is 5.23. The minimum absolute atomic E-state index is 0.199. The smallest absolute Gasteiger partial charge is 0.336 e. The van der Waals surface area contributed by atoms with Gasteiger partial charge in [-0.15, -0.1) is 0 Å². The predicted molar refractivity (Wildman–Crippen MR) is 90.6 cm³/mol. The Hall–Kier alpha value is -1.81. The molecule has 1 aromatic heterocycles. The average molecular weight is 316 g/mol. The second-order valence-corrected chi connectivity index (χ2v) is 6.79. The van der Waals surface area contributed by atoms with Crippen molar-refractivity contribution in [3.05, 3.63) is 39.7 Å². The normalized spacial score (nSPS) is 21.7. The van der Waals surface area contributed by atoms with E-state index in [0.29, 0.717) is 11.6 Å². The van der Waals surface area contributed by atoms with Crippen LogP contribution in [0.4, 0.5) is 0 Å². The van der Waals surface area contributed by atoms with Gasteiger partial charge in [0.05, 0.1) is 6.04 Å². The van der Waals surface area contributed by atoms with Gasteiger partial charge in [0, 0.05) is 29.0 Å². The van der Waals surface area contributed by atoms with E-state index in [0.717, 1.165) is 35.4 Å². The Morgan fingerprint density at radius 2 is 2.00 bits per heavy atom. The molecule has 0 radical (unpaired) electrons. The van der Waals surface area contributed by atoms with Gasteiger partial charge in [0.2, 0.25) is 0 Å². The van der Waals surface area contributed by atoms with Gasteiger partial charge in [-0.05, 0) is 37.3 Å². The zero-order chi connectivity index (χ0) is 16.4. The van der Waals surface area contributed by atoms with Crippen LogP contribution in [0, 0.1) is 5.92 Å². The molecule has 124 valence electrons. The Balaban J connectivity index is 1.91. The summed E-state index contributed by atoms with van der Waals surface area (Å²) in [5.74, 6) is 0.926. The maximum absolute atomic E-state index is 11.8. The number of aryl methyl sites for hydroxylation is 1. The minimum atomic E-state index is -0.346. The third kappa shape index (κ3) is 3.42. The van der Waals surface area contributed by atoms with Gasteiger partial charge >= 0.3 is 5.63 Å². The summed E-state index contributed by atoms with van der Waals surface area (Å²) in [6.07, 6.45) is 5.94. The van der Waals surface area contributed by atoms with Gasteiger partial charge in [-0.3, -0.25) is 0 Å². The zero-order valence-corrected chi connectivity index (χ0v) is 14.0. The second kappa shape index (κ2) is 6.75. The van der Waals surface area contributed by atoms with Gasteiger partial charge in [-0.1, -0.05) is 20.3 Å². The number of phenols is 1. The lowest BCUT2D eigenvalue weighted by molar-refractivity contribution is -0.712. The Labute approximate surface area is 136 Å². The lowest BCUT2D eigenvalue weighted by Crippen LogP contribution is -2.90. The monoisotopic (exact) mass is 316 g/mol. The number of hydrogen-bond donors (Lipinski definition) is 2. The zero-order valence-electron chi connectivity index (χ0n) is 14.0. The Kier molecular flexibility index (Phi) is 4.71. The number of quaternary nitrogens is 1. The van der Waals surface area contributed by atoms with E-state index in [9.17, 15) is 9.90 Å². The number of benzene rings is 1. The van der Waals surface area contributed by atoms with Gasteiger partial charge in [0.15, 0.2) is 0 Å². The standard InChI is InChI=1S/C19H25NO3/c1-3-13-8-15-14(9-19(22)23-18(15)10-17(13)21)11-20-16-7-5-4-6-12(16)2/h8-10,12,16,20-21H,3-7,11H2,1-2H3/p+1/t12-,16+/m1/s1. The summed E-state index contributed by atoms with van der Waals surface area (Å²) in [6, 6.07) is 5.76. The number of fused-ring (bicyclic) bond motifs is 1. The highest BCUT2D eigenvalue weighted by molar-refractivity contribution is 5.82. The van der Waals surface area contributed by atoms with Crippen molar-refractivity contribution in [2.75, 3.05) is 0 Å². The molecule has 0 unspecified atom stereocenters. The molecule has 2 atom stereocenters. The van der Waals surface area contributed by atoms with Crippen LogP contribution in [-0.4, -0.2) is 11.1 Å². The molecule has 1 heterocycles. The lowest BCUT2D eigenvalue weighted by atomic mass is 9.86. The van der Waals surface area contributed by atoms with Crippen molar-refractivity contribution >= 4 is 11.0 Å². The van der Waals surface area contributed by atoms with E-state index < -0.39 is 0 Å². The topological polar surface area (TPSA) is 67.0 Å². The van der Waals surface area contributed by atoms with E-state index in [4.69, 9.17) is 4.42 Å². The molecule has 3 rings (SSSR count). The Morgan fingerprint density at radius 3 is 2.74 bits per heavy atom. The van der Waals surface area contributed by atoms with Crippen LogP contribution in [0.3, 0.4) is 0 Å². The minimum Gasteiger partial charge on any atom is -0.508 e. The van der Waals surface area contributed by atoms with Crippen molar-refractivity contribution in [1.82, 2.24) is 0 Å². The van der Waals surface area contributed by atoms with Crippen LogP contribution in [-0.2, 0) is 13.0 Å². The molecule has 3 N–H and O–H groups in total. The third-order valence-electron chi connectivity index (χ3n) is 5.23. The summed E-state index contributed by atoms with van der Waals surface area (Å²) in [5.41, 5.74) is 2.02. The molecule has 1 fully saturated rings. The quantitative estimate of drug-likeness (QED) is 0.852. The van der Waals surface area contributed by atoms with Crippen molar-refractivity contribution in [1.29, 1.82) is 0 Å². The van der Waals surface area contributed by atoms with E-state index in [1.807, 2.05) is 13.0 Å². The predicted octanol–water partition coefficient (Wildman–Crippen LogP) is 2.70. The van der Waals surface area contributed by atoms with Crippen LogP contribution < -0.4 is 10.9 Å². The average Bonchev–Trinajstić information content (AvgIpc) is 2.53. The van der Waals surface area contributed by atoms with Crippen LogP contribution in [0.15, 0.2) is 27.4 Å². The van der Waals surface area contributed by atoms with Crippen molar-refractivity contribution < 1.29 is 14.8 Å². The van der Waals surface area contributed by atoms with E-state index in [1.54, 1.807) is 12.1 Å². The summed E-state index contributed by atoms with van der Waals surface area (Å²) in [6.45, 7) is 5.12. The second-order valence-electron chi connectivity index (χ2n) is 6.79. The van der Waals surface area contributed by atoms with Crippen molar-refractivity contribution in [3.8, 4) is 5.75 Å². The first-order valence-corrected chi connectivity index (χ1v) is 8.70. The maximum Gasteiger partial charge on any atom is 0.336 e. The van der Waals surface area contributed by atoms with Crippen LogP contribution in [0.25, 0.3) is 11.0 Å².